The van der Waals surface area contributed by atoms with Gasteiger partial charge in [-0.2, -0.15) is 20.1 Å². The van der Waals surface area contributed by atoms with Gasteiger partial charge in [0.05, 0.1) is 5.69 Å². The summed E-state index contributed by atoms with van der Waals surface area (Å²) in [4.78, 5) is 11.5. The van der Waals surface area contributed by atoms with E-state index in [-0.39, 0.29) is 11.2 Å². The van der Waals surface area contributed by atoms with Gasteiger partial charge in [0.1, 0.15) is 0 Å². The lowest BCUT2D eigenvalue weighted by Gasteiger charge is -2.04. The normalized spacial score (nSPS) is 10.5. The predicted molar refractivity (Wildman–Crippen MR) is 64.5 cm³/mol. The summed E-state index contributed by atoms with van der Waals surface area (Å²) in [6.07, 6.45) is 1.93. The predicted octanol–water partition coefficient (Wildman–Crippen LogP) is 0.761. The molecule has 0 aliphatic carbocycles. The molecule has 8 heteroatoms. The summed E-state index contributed by atoms with van der Waals surface area (Å²) < 4.78 is 1.75. The minimum absolute atomic E-state index is 0.0721. The summed E-state index contributed by atoms with van der Waals surface area (Å²) in [7, 11) is 1.87. The molecule has 0 aliphatic heterocycles. The monoisotopic (exact) mass is 253 g/mol. The number of nitrogens with zero attached hydrogens (tertiary/aromatic N) is 5. The minimum Gasteiger partial charge on any atom is -0.368 e. The maximum absolute atomic E-state index is 5.67. The number of halogens is 1. The van der Waals surface area contributed by atoms with E-state index in [0.717, 1.165) is 11.3 Å². The molecule has 2 aromatic heterocycles. The van der Waals surface area contributed by atoms with Crippen LogP contribution in [0.25, 0.3) is 0 Å². The third-order valence-corrected chi connectivity index (χ3v) is 2.35. The van der Waals surface area contributed by atoms with Crippen molar-refractivity contribution in [3.8, 4) is 0 Å². The molecule has 0 amide bonds. The van der Waals surface area contributed by atoms with E-state index in [1.54, 1.807) is 4.68 Å². The molecule has 0 fully saturated rings. The molecule has 0 atom stereocenters. The lowest BCUT2D eigenvalue weighted by molar-refractivity contribution is 0.756. The molecular weight excluding hydrogens is 242 g/mol. The molecule has 2 heterocycles. The summed E-state index contributed by atoms with van der Waals surface area (Å²) in [6, 6.07) is 0. The zero-order valence-corrected chi connectivity index (χ0v) is 10.2. The number of aryl methyl sites for hydroxylation is 2. The number of hydrogen-bond donors (Lipinski definition) is 2. The van der Waals surface area contributed by atoms with Crippen LogP contribution in [0.4, 0.5) is 11.9 Å². The topological polar surface area (TPSA) is 94.5 Å². The number of rotatable bonds is 3. The highest BCUT2D eigenvalue weighted by Crippen LogP contribution is 2.10. The fourth-order valence-electron chi connectivity index (χ4n) is 1.44. The number of nitrogens with two attached hydrogens (primary N) is 1. The van der Waals surface area contributed by atoms with E-state index in [9.17, 15) is 0 Å². The summed E-state index contributed by atoms with van der Waals surface area (Å²) in [5, 5.41) is 7.32. The van der Waals surface area contributed by atoms with Crippen LogP contribution in [0.3, 0.4) is 0 Å². The molecule has 0 unspecified atom stereocenters. The van der Waals surface area contributed by atoms with E-state index >= 15 is 0 Å². The number of hydrogen-bond acceptors (Lipinski definition) is 6. The van der Waals surface area contributed by atoms with Crippen molar-refractivity contribution in [2.45, 2.75) is 13.5 Å². The third kappa shape index (κ3) is 2.82. The van der Waals surface area contributed by atoms with Crippen LogP contribution in [0.1, 0.15) is 11.3 Å². The molecule has 0 spiro atoms. The van der Waals surface area contributed by atoms with Gasteiger partial charge < -0.3 is 11.1 Å². The van der Waals surface area contributed by atoms with E-state index in [1.807, 2.05) is 20.2 Å². The molecule has 17 heavy (non-hydrogen) atoms. The number of nitrogens with one attached hydrogen (secondary N) is 1. The van der Waals surface area contributed by atoms with Gasteiger partial charge in [0.15, 0.2) is 0 Å². The zero-order chi connectivity index (χ0) is 12.4. The largest absolute Gasteiger partial charge is 0.368 e. The molecule has 0 saturated carbocycles. The molecule has 2 rings (SSSR count). The number of aromatic nitrogens is 5. The van der Waals surface area contributed by atoms with Crippen LogP contribution >= 0.6 is 11.6 Å². The number of anilines is 2. The van der Waals surface area contributed by atoms with E-state index in [0.29, 0.717) is 12.5 Å². The second-order valence-electron chi connectivity index (χ2n) is 3.55. The number of nitrogen functional groups attached to an aromatic ring is 1. The molecule has 90 valence electrons. The fraction of sp³-hybridized carbons (Fsp3) is 0.333. The average Bonchev–Trinajstić information content (AvgIpc) is 2.53. The van der Waals surface area contributed by atoms with Crippen molar-refractivity contribution >= 4 is 23.5 Å². The van der Waals surface area contributed by atoms with E-state index in [2.05, 4.69) is 25.4 Å². The quantitative estimate of drug-likeness (QED) is 0.839. The van der Waals surface area contributed by atoms with Crippen LogP contribution < -0.4 is 11.1 Å². The Labute approximate surface area is 103 Å². The molecule has 3 N–H and O–H groups in total. The van der Waals surface area contributed by atoms with Crippen LogP contribution in [0, 0.1) is 6.92 Å². The van der Waals surface area contributed by atoms with Crippen LogP contribution in [-0.4, -0.2) is 24.7 Å². The second-order valence-corrected chi connectivity index (χ2v) is 3.89. The Hall–Kier alpha value is -1.89. The van der Waals surface area contributed by atoms with Gasteiger partial charge in [0.25, 0.3) is 0 Å². The smallest absolute Gasteiger partial charge is 0.229 e. The lowest BCUT2D eigenvalue weighted by atomic mass is 10.3. The maximum atomic E-state index is 5.67. The fourth-order valence-corrected chi connectivity index (χ4v) is 1.61. The summed E-state index contributed by atoms with van der Waals surface area (Å²) in [5.74, 6) is 0.446. The van der Waals surface area contributed by atoms with Gasteiger partial charge in [-0.1, -0.05) is 0 Å². The van der Waals surface area contributed by atoms with Crippen molar-refractivity contribution in [1.82, 2.24) is 24.7 Å². The Kier molecular flexibility index (Phi) is 3.10. The van der Waals surface area contributed by atoms with Gasteiger partial charge in [0, 0.05) is 25.4 Å². The van der Waals surface area contributed by atoms with E-state index < -0.39 is 0 Å². The van der Waals surface area contributed by atoms with Crippen molar-refractivity contribution in [3.63, 3.8) is 0 Å². The first-order valence-electron chi connectivity index (χ1n) is 4.94. The summed E-state index contributed by atoms with van der Waals surface area (Å²) in [6.45, 7) is 2.49. The minimum atomic E-state index is 0.0721. The average molecular weight is 254 g/mol. The molecule has 0 bridgehead atoms. The van der Waals surface area contributed by atoms with E-state index in [1.165, 1.54) is 0 Å². The molecule has 2 aromatic rings. The molecule has 0 radical (unpaired) electrons. The molecule has 0 saturated heterocycles. The highest BCUT2D eigenvalue weighted by atomic mass is 35.5. The van der Waals surface area contributed by atoms with Gasteiger partial charge in [0.2, 0.25) is 17.2 Å². The third-order valence-electron chi connectivity index (χ3n) is 2.18. The highest BCUT2D eigenvalue weighted by molar-refractivity contribution is 6.28. The first kappa shape index (κ1) is 11.6. The van der Waals surface area contributed by atoms with E-state index in [4.69, 9.17) is 17.3 Å². The summed E-state index contributed by atoms with van der Waals surface area (Å²) in [5.41, 5.74) is 7.47. The van der Waals surface area contributed by atoms with Gasteiger partial charge in [-0.15, -0.1) is 0 Å². The van der Waals surface area contributed by atoms with Crippen molar-refractivity contribution in [2.75, 3.05) is 11.1 Å². The standard InChI is InChI=1S/C9H12ClN7/c1-5-6(4-17(2)16-5)3-12-9-14-7(10)13-8(11)15-9/h4H,3H2,1-2H3,(H3,11,12,13,14,15). The first-order valence-corrected chi connectivity index (χ1v) is 5.32. The molecule has 0 aromatic carbocycles. The Balaban J connectivity index is 2.09. The van der Waals surface area contributed by atoms with Gasteiger partial charge in [-0.25, -0.2) is 0 Å². The molecule has 7 nitrogen and oxygen atoms in total. The highest BCUT2D eigenvalue weighted by Gasteiger charge is 2.05. The Bertz CT molecular complexity index is 516. The van der Waals surface area contributed by atoms with Crippen LogP contribution in [0.2, 0.25) is 5.28 Å². The van der Waals surface area contributed by atoms with Crippen molar-refractivity contribution in [3.05, 3.63) is 22.7 Å². The first-order chi connectivity index (χ1) is 8.04. The second kappa shape index (κ2) is 4.54. The van der Waals surface area contributed by atoms with Gasteiger partial charge in [-0.3, -0.25) is 4.68 Å². The Morgan fingerprint density at radius 2 is 2.18 bits per heavy atom. The SMILES string of the molecule is Cc1nn(C)cc1CNc1nc(N)nc(Cl)n1. The maximum Gasteiger partial charge on any atom is 0.229 e. The Morgan fingerprint density at radius 1 is 1.41 bits per heavy atom. The van der Waals surface area contributed by atoms with Gasteiger partial charge >= 0.3 is 0 Å². The van der Waals surface area contributed by atoms with Crippen LogP contribution in [0.5, 0.6) is 0 Å². The molecular formula is C9H12ClN7. The Morgan fingerprint density at radius 3 is 2.76 bits per heavy atom. The van der Waals surface area contributed by atoms with Gasteiger partial charge in [-0.05, 0) is 18.5 Å². The van der Waals surface area contributed by atoms with Crippen LogP contribution in [0.15, 0.2) is 6.20 Å². The lowest BCUT2D eigenvalue weighted by Crippen LogP contribution is -2.07. The molecule has 0 aliphatic rings. The van der Waals surface area contributed by atoms with Crippen molar-refractivity contribution in [1.29, 1.82) is 0 Å². The van der Waals surface area contributed by atoms with Crippen molar-refractivity contribution in [2.24, 2.45) is 7.05 Å². The van der Waals surface area contributed by atoms with Crippen molar-refractivity contribution < 1.29 is 0 Å². The zero-order valence-electron chi connectivity index (χ0n) is 9.48. The summed E-state index contributed by atoms with van der Waals surface area (Å²) >= 11 is 5.67. The van der Waals surface area contributed by atoms with Crippen LogP contribution in [-0.2, 0) is 13.6 Å².